The molecule has 18 heteroatoms. The van der Waals surface area contributed by atoms with Crippen molar-refractivity contribution >= 4 is 35.0 Å². The van der Waals surface area contributed by atoms with Crippen molar-refractivity contribution in [3.8, 4) is 22.3 Å². The Bertz CT molecular complexity index is 2100. The summed E-state index contributed by atoms with van der Waals surface area (Å²) >= 11 is 1.55. The van der Waals surface area contributed by atoms with Gasteiger partial charge < -0.3 is 39.8 Å². The van der Waals surface area contributed by atoms with Crippen molar-refractivity contribution < 1.29 is 51.7 Å². The Morgan fingerprint density at radius 1 is 1.06 bits per heavy atom. The van der Waals surface area contributed by atoms with Crippen molar-refractivity contribution in [2.75, 3.05) is 46.1 Å². The van der Waals surface area contributed by atoms with Crippen LogP contribution in [0.3, 0.4) is 0 Å². The molecule has 14 nitrogen and oxygen atoms in total. The molecule has 0 bridgehead atoms. The molecule has 4 atom stereocenters. The number of β-amino-alcohol motifs (C(OH)–C–C–N with tert-alkyl or cyclic N) is 1. The molecule has 4 amide bonds. The minimum atomic E-state index is -4.75. The summed E-state index contributed by atoms with van der Waals surface area (Å²) < 4.78 is 57.4. The summed E-state index contributed by atoms with van der Waals surface area (Å²) in [5, 5.41) is 25.3. The van der Waals surface area contributed by atoms with E-state index < -0.39 is 70.1 Å². The van der Waals surface area contributed by atoms with Crippen molar-refractivity contribution in [1.82, 2.24) is 25.4 Å². The van der Waals surface area contributed by atoms with Crippen molar-refractivity contribution in [3.63, 3.8) is 0 Å². The number of rotatable bonds is 18. The van der Waals surface area contributed by atoms with Gasteiger partial charge in [-0.05, 0) is 54.5 Å². The van der Waals surface area contributed by atoms with Crippen molar-refractivity contribution in [1.29, 1.82) is 5.26 Å². The molecule has 1 aromatic heterocycles. The van der Waals surface area contributed by atoms with Gasteiger partial charge in [-0.15, -0.1) is 11.3 Å². The predicted octanol–water partition coefficient (Wildman–Crippen LogP) is 5.25. The number of aryl methyl sites for hydroxylation is 1. The molecule has 62 heavy (non-hydrogen) atoms. The average Bonchev–Trinajstić information content (AvgIpc) is 3.88. The molecule has 4 unspecified atom stereocenters. The number of hydrogen-bond donors (Lipinski definition) is 3. The number of nitrogens with zero attached hydrogens (tertiary/aromatic N) is 4. The fraction of sp³-hybridized carbons (Fsp3) is 0.545. The van der Waals surface area contributed by atoms with Crippen molar-refractivity contribution in [2.45, 2.75) is 97.8 Å². The standard InChI is InChI=1S/C44H55F3N6O8S/c1-27-36(62-26-50-27)29-11-9-28(10-12-29)22-49-39(56)34-19-31(54)23-53(34)40(57)37(42(2,3)4)51-35(55)24-60-18-8-17-59-16-7-15-52-25-43(5,6)38(41(52)58)61-32-14-13-30(21-48)33(20-32)44(45,46)47/h9-14,20,26,31,34,37-38,54H,7-8,15-19,22-25H2,1-6H3,(H,49,56)(H,51,55). The van der Waals surface area contributed by atoms with Crippen LogP contribution in [-0.2, 0) is 41.4 Å². The van der Waals surface area contributed by atoms with E-state index in [1.54, 1.807) is 56.4 Å². The molecule has 2 fully saturated rings. The van der Waals surface area contributed by atoms with Crippen LogP contribution in [-0.4, -0.2) is 114 Å². The predicted molar refractivity (Wildman–Crippen MR) is 223 cm³/mol. The highest BCUT2D eigenvalue weighted by Crippen LogP contribution is 2.38. The zero-order valence-corrected chi connectivity index (χ0v) is 36.7. The largest absolute Gasteiger partial charge is 0.480 e. The SMILES string of the molecule is Cc1ncsc1-c1ccc(CNC(=O)C2CC(O)CN2C(=O)C(NC(=O)COCCCOCCCN2CC(C)(C)C(Oc3ccc(C#N)c(C(F)(F)F)c3)C2=O)C(C)(C)C)cc1. The van der Waals surface area contributed by atoms with Crippen LogP contribution in [0.1, 0.15) is 76.3 Å². The number of benzene rings is 2. The summed E-state index contributed by atoms with van der Waals surface area (Å²) in [7, 11) is 0. The number of hydrogen-bond acceptors (Lipinski definition) is 11. The highest BCUT2D eigenvalue weighted by atomic mass is 32.1. The Kier molecular flexibility index (Phi) is 15.8. The maximum Gasteiger partial charge on any atom is 0.417 e. The summed E-state index contributed by atoms with van der Waals surface area (Å²) in [5.41, 5.74) is 1.56. The summed E-state index contributed by atoms with van der Waals surface area (Å²) in [5.74, 6) is -1.89. The van der Waals surface area contributed by atoms with Crippen LogP contribution in [0.5, 0.6) is 5.75 Å². The molecule has 2 aromatic carbocycles. The number of nitrogens with one attached hydrogen (secondary N) is 2. The van der Waals surface area contributed by atoms with Gasteiger partial charge in [-0.1, -0.05) is 58.9 Å². The second-order valence-corrected chi connectivity index (χ2v) is 18.2. The number of aliphatic hydroxyl groups excluding tert-OH is 1. The van der Waals surface area contributed by atoms with Gasteiger partial charge in [0.25, 0.3) is 5.91 Å². The van der Waals surface area contributed by atoms with Gasteiger partial charge in [-0.25, -0.2) is 4.98 Å². The molecule has 2 saturated heterocycles. The summed E-state index contributed by atoms with van der Waals surface area (Å²) in [6.45, 7) is 12.3. The lowest BCUT2D eigenvalue weighted by atomic mass is 9.85. The number of alkyl halides is 3. The molecule has 2 aliphatic rings. The maximum absolute atomic E-state index is 13.9. The third kappa shape index (κ3) is 12.3. The van der Waals surface area contributed by atoms with E-state index in [-0.39, 0.29) is 44.4 Å². The first-order chi connectivity index (χ1) is 29.2. The van der Waals surface area contributed by atoms with E-state index >= 15 is 0 Å². The van der Waals surface area contributed by atoms with Gasteiger partial charge in [0.05, 0.1) is 39.4 Å². The molecular formula is C44H55F3N6O8S. The zero-order valence-electron chi connectivity index (χ0n) is 35.8. The topological polar surface area (TPSA) is 183 Å². The molecular weight excluding hydrogens is 830 g/mol. The quantitative estimate of drug-likeness (QED) is 0.143. The fourth-order valence-electron chi connectivity index (χ4n) is 7.49. The molecule has 5 rings (SSSR count). The van der Waals surface area contributed by atoms with Gasteiger partial charge in [-0.2, -0.15) is 18.4 Å². The second-order valence-electron chi connectivity index (χ2n) is 17.4. The lowest BCUT2D eigenvalue weighted by Gasteiger charge is -2.35. The third-order valence-electron chi connectivity index (χ3n) is 10.8. The molecule has 3 N–H and O–H groups in total. The first kappa shape index (κ1) is 48.0. The van der Waals surface area contributed by atoms with Gasteiger partial charge in [-0.3, -0.25) is 19.2 Å². The number of carbonyl (C=O) groups excluding carboxylic acids is 4. The van der Waals surface area contributed by atoms with E-state index in [2.05, 4.69) is 15.6 Å². The Hall–Kier alpha value is -5.09. The minimum absolute atomic E-state index is 0.0467. The molecule has 2 aliphatic heterocycles. The van der Waals surface area contributed by atoms with E-state index in [0.717, 1.165) is 33.8 Å². The smallest absolute Gasteiger partial charge is 0.417 e. The van der Waals surface area contributed by atoms with E-state index in [1.165, 1.54) is 17.0 Å². The van der Waals surface area contributed by atoms with Crippen LogP contribution >= 0.6 is 11.3 Å². The van der Waals surface area contributed by atoms with Gasteiger partial charge in [0.2, 0.25) is 17.7 Å². The van der Waals surface area contributed by atoms with Crippen LogP contribution in [0.4, 0.5) is 13.2 Å². The fourth-order valence-corrected chi connectivity index (χ4v) is 8.30. The Labute approximate surface area is 363 Å². The molecule has 3 aromatic rings. The number of aliphatic hydroxyl groups is 1. The summed E-state index contributed by atoms with van der Waals surface area (Å²) in [6.07, 6.45) is -5.64. The van der Waals surface area contributed by atoms with E-state index in [1.807, 2.05) is 31.2 Å². The van der Waals surface area contributed by atoms with Gasteiger partial charge in [0.15, 0.2) is 6.10 Å². The van der Waals surface area contributed by atoms with Crippen LogP contribution in [0.15, 0.2) is 48.0 Å². The first-order valence-corrected chi connectivity index (χ1v) is 21.3. The van der Waals surface area contributed by atoms with Crippen molar-refractivity contribution in [2.24, 2.45) is 10.8 Å². The van der Waals surface area contributed by atoms with E-state index in [9.17, 15) is 37.5 Å². The normalized spacial score (nSPS) is 19.3. The number of aromatic nitrogens is 1. The molecule has 0 saturated carbocycles. The number of carbonyl (C=O) groups is 4. The maximum atomic E-state index is 13.9. The lowest BCUT2D eigenvalue weighted by molar-refractivity contribution is -0.144. The Balaban J connectivity index is 1.00. The molecule has 0 aliphatic carbocycles. The van der Waals surface area contributed by atoms with Crippen LogP contribution in [0, 0.1) is 29.1 Å². The molecule has 336 valence electrons. The number of ether oxygens (including phenoxy) is 3. The lowest BCUT2D eigenvalue weighted by Crippen LogP contribution is -2.58. The van der Waals surface area contributed by atoms with E-state index in [4.69, 9.17) is 19.5 Å². The monoisotopic (exact) mass is 884 g/mol. The van der Waals surface area contributed by atoms with Gasteiger partial charge in [0.1, 0.15) is 24.4 Å². The number of likely N-dealkylation sites (tertiary alicyclic amines) is 2. The summed E-state index contributed by atoms with van der Waals surface area (Å²) in [6, 6.07) is 10.4. The second kappa shape index (κ2) is 20.4. The first-order valence-electron chi connectivity index (χ1n) is 20.5. The van der Waals surface area contributed by atoms with Crippen LogP contribution < -0.4 is 15.4 Å². The molecule has 0 radical (unpaired) electrons. The Morgan fingerprint density at radius 2 is 1.76 bits per heavy atom. The zero-order chi connectivity index (χ0) is 45.4. The highest BCUT2D eigenvalue weighted by Gasteiger charge is 2.48. The van der Waals surface area contributed by atoms with Crippen LogP contribution in [0.25, 0.3) is 10.4 Å². The Morgan fingerprint density at radius 3 is 2.40 bits per heavy atom. The van der Waals surface area contributed by atoms with Gasteiger partial charge >= 0.3 is 6.18 Å². The van der Waals surface area contributed by atoms with Gasteiger partial charge in [0, 0.05) is 57.8 Å². The number of amides is 4. The minimum Gasteiger partial charge on any atom is -0.480 e. The average molecular weight is 885 g/mol. The number of nitriles is 1. The highest BCUT2D eigenvalue weighted by molar-refractivity contribution is 7.13. The number of thiazole rings is 1. The molecule has 3 heterocycles. The molecule has 0 spiro atoms. The van der Waals surface area contributed by atoms with Crippen LogP contribution in [0.2, 0.25) is 0 Å². The number of halogens is 3. The summed E-state index contributed by atoms with van der Waals surface area (Å²) in [4.78, 5) is 61.8. The third-order valence-corrected chi connectivity index (χ3v) is 11.7. The van der Waals surface area contributed by atoms with E-state index in [0.29, 0.717) is 39.1 Å². The van der Waals surface area contributed by atoms with Crippen molar-refractivity contribution in [3.05, 3.63) is 70.4 Å².